The smallest absolute Gasteiger partial charge is 0.177 e. The number of pyridine rings is 2. The highest BCUT2D eigenvalue weighted by Gasteiger charge is 2.03. The molecule has 0 aliphatic rings. The first-order valence-corrected chi connectivity index (χ1v) is 5.10. The average molecular weight is 210 g/mol. The first-order valence-electron chi connectivity index (χ1n) is 5.10. The Morgan fingerprint density at radius 2 is 1.94 bits per heavy atom. The van der Waals surface area contributed by atoms with E-state index in [1.165, 1.54) is 5.56 Å². The van der Waals surface area contributed by atoms with Crippen LogP contribution in [0.25, 0.3) is 11.2 Å². The Bertz CT molecular complexity index is 567. The molecule has 0 saturated carbocycles. The number of H-pyrrole nitrogens is 1. The van der Waals surface area contributed by atoms with Crippen LogP contribution in [-0.2, 0) is 6.42 Å². The van der Waals surface area contributed by atoms with E-state index < -0.39 is 0 Å². The van der Waals surface area contributed by atoms with Gasteiger partial charge in [0.15, 0.2) is 5.65 Å². The van der Waals surface area contributed by atoms with Crippen LogP contribution in [0.4, 0.5) is 0 Å². The van der Waals surface area contributed by atoms with E-state index in [1.54, 1.807) is 18.6 Å². The first kappa shape index (κ1) is 9.03. The topological polar surface area (TPSA) is 54.5 Å². The maximum absolute atomic E-state index is 4.42. The molecule has 0 amide bonds. The van der Waals surface area contributed by atoms with Crippen LogP contribution < -0.4 is 0 Å². The molecule has 0 fully saturated rings. The van der Waals surface area contributed by atoms with Crippen molar-refractivity contribution in [3.05, 3.63) is 54.2 Å². The van der Waals surface area contributed by atoms with E-state index in [0.29, 0.717) is 0 Å². The van der Waals surface area contributed by atoms with Crippen LogP contribution in [0.1, 0.15) is 11.4 Å². The van der Waals surface area contributed by atoms with Gasteiger partial charge in [-0.2, -0.15) is 0 Å². The summed E-state index contributed by atoms with van der Waals surface area (Å²) in [6.07, 6.45) is 6.10. The highest BCUT2D eigenvalue weighted by Crippen LogP contribution is 2.10. The Hall–Kier alpha value is -2.23. The van der Waals surface area contributed by atoms with Crippen LogP contribution in [0.5, 0.6) is 0 Å². The lowest BCUT2D eigenvalue weighted by molar-refractivity contribution is 1.03. The number of imidazole rings is 1. The molecule has 4 nitrogen and oxygen atoms in total. The molecule has 0 aromatic carbocycles. The molecule has 0 aliphatic carbocycles. The lowest BCUT2D eigenvalue weighted by Gasteiger charge is -1.95. The van der Waals surface area contributed by atoms with Gasteiger partial charge in [0, 0.05) is 25.0 Å². The fourth-order valence-electron chi connectivity index (χ4n) is 1.67. The van der Waals surface area contributed by atoms with Gasteiger partial charge in [-0.25, -0.2) is 9.97 Å². The number of nitrogens with zero attached hydrogens (tertiary/aromatic N) is 3. The molecule has 3 heterocycles. The Kier molecular flexibility index (Phi) is 2.11. The molecule has 0 unspecified atom stereocenters. The molecule has 1 N–H and O–H groups in total. The number of rotatable bonds is 2. The van der Waals surface area contributed by atoms with E-state index in [1.807, 2.05) is 24.3 Å². The van der Waals surface area contributed by atoms with E-state index in [4.69, 9.17) is 0 Å². The Labute approximate surface area is 92.4 Å². The SMILES string of the molecule is c1cnc2nc(Cc3ccncc3)[nH]c2c1. The highest BCUT2D eigenvalue weighted by molar-refractivity contribution is 5.69. The third-order valence-corrected chi connectivity index (χ3v) is 2.43. The van der Waals surface area contributed by atoms with Gasteiger partial charge >= 0.3 is 0 Å². The number of fused-ring (bicyclic) bond motifs is 1. The molecule has 0 atom stereocenters. The third kappa shape index (κ3) is 1.65. The quantitative estimate of drug-likeness (QED) is 0.703. The fourth-order valence-corrected chi connectivity index (χ4v) is 1.67. The van der Waals surface area contributed by atoms with Gasteiger partial charge in [0.05, 0.1) is 5.52 Å². The second kappa shape index (κ2) is 3.73. The molecule has 16 heavy (non-hydrogen) atoms. The first-order chi connectivity index (χ1) is 7.92. The Balaban J connectivity index is 1.95. The second-order valence-electron chi connectivity index (χ2n) is 3.59. The van der Waals surface area contributed by atoms with Gasteiger partial charge in [0.1, 0.15) is 5.82 Å². The van der Waals surface area contributed by atoms with Crippen LogP contribution in [0, 0.1) is 0 Å². The van der Waals surface area contributed by atoms with Crippen molar-refractivity contribution in [2.45, 2.75) is 6.42 Å². The maximum atomic E-state index is 4.42. The molecular formula is C12H10N4. The molecule has 0 saturated heterocycles. The Morgan fingerprint density at radius 1 is 1.06 bits per heavy atom. The predicted octanol–water partition coefficient (Wildman–Crippen LogP) is 1.94. The normalized spacial score (nSPS) is 10.8. The minimum atomic E-state index is 0.770. The molecule has 4 heteroatoms. The molecule has 0 aliphatic heterocycles. The summed E-state index contributed by atoms with van der Waals surface area (Å²) < 4.78 is 0. The lowest BCUT2D eigenvalue weighted by Crippen LogP contribution is -1.90. The molecule has 0 radical (unpaired) electrons. The second-order valence-corrected chi connectivity index (χ2v) is 3.59. The molecule has 3 aromatic heterocycles. The molecule has 3 aromatic rings. The number of aromatic amines is 1. The van der Waals surface area contributed by atoms with Crippen LogP contribution in [-0.4, -0.2) is 19.9 Å². The minimum Gasteiger partial charge on any atom is -0.340 e. The van der Waals surface area contributed by atoms with Crippen LogP contribution in [0.2, 0.25) is 0 Å². The number of nitrogens with one attached hydrogen (secondary N) is 1. The summed E-state index contributed by atoms with van der Waals surface area (Å²) in [5.74, 6) is 0.930. The van der Waals surface area contributed by atoms with Crippen molar-refractivity contribution in [1.82, 2.24) is 19.9 Å². The zero-order valence-corrected chi connectivity index (χ0v) is 8.59. The van der Waals surface area contributed by atoms with Gasteiger partial charge < -0.3 is 4.98 Å². The molecule has 0 bridgehead atoms. The summed E-state index contributed by atoms with van der Waals surface area (Å²) in [6, 6.07) is 7.85. The van der Waals surface area contributed by atoms with E-state index in [0.717, 1.165) is 23.4 Å². The van der Waals surface area contributed by atoms with Crippen molar-refractivity contribution in [1.29, 1.82) is 0 Å². The van der Waals surface area contributed by atoms with Crippen molar-refractivity contribution in [3.63, 3.8) is 0 Å². The van der Waals surface area contributed by atoms with Gasteiger partial charge in [-0.05, 0) is 29.8 Å². The minimum absolute atomic E-state index is 0.770. The van der Waals surface area contributed by atoms with Crippen LogP contribution >= 0.6 is 0 Å². The molecule has 78 valence electrons. The largest absolute Gasteiger partial charge is 0.340 e. The molecular weight excluding hydrogens is 200 g/mol. The lowest BCUT2D eigenvalue weighted by atomic mass is 10.2. The van der Waals surface area contributed by atoms with Crippen molar-refractivity contribution in [2.75, 3.05) is 0 Å². The Morgan fingerprint density at radius 3 is 2.75 bits per heavy atom. The van der Waals surface area contributed by atoms with E-state index in [9.17, 15) is 0 Å². The number of hydrogen-bond donors (Lipinski definition) is 1. The van der Waals surface area contributed by atoms with Gasteiger partial charge in [-0.15, -0.1) is 0 Å². The highest BCUT2D eigenvalue weighted by atomic mass is 15.0. The number of aromatic nitrogens is 4. The van der Waals surface area contributed by atoms with E-state index in [2.05, 4.69) is 19.9 Å². The summed E-state index contributed by atoms with van der Waals surface area (Å²) in [7, 11) is 0. The summed E-state index contributed by atoms with van der Waals surface area (Å²) in [6.45, 7) is 0. The summed E-state index contributed by atoms with van der Waals surface area (Å²) in [5, 5.41) is 0. The molecule has 3 rings (SSSR count). The van der Waals surface area contributed by atoms with Gasteiger partial charge in [0.2, 0.25) is 0 Å². The summed E-state index contributed by atoms with van der Waals surface area (Å²) >= 11 is 0. The van der Waals surface area contributed by atoms with Gasteiger partial charge in [-0.1, -0.05) is 0 Å². The summed E-state index contributed by atoms with van der Waals surface area (Å²) in [5.41, 5.74) is 2.94. The average Bonchev–Trinajstić information content (AvgIpc) is 2.72. The maximum Gasteiger partial charge on any atom is 0.177 e. The van der Waals surface area contributed by atoms with Gasteiger partial charge in [-0.3, -0.25) is 4.98 Å². The van der Waals surface area contributed by atoms with Crippen molar-refractivity contribution in [3.8, 4) is 0 Å². The van der Waals surface area contributed by atoms with Crippen LogP contribution in [0.3, 0.4) is 0 Å². The zero-order valence-electron chi connectivity index (χ0n) is 8.59. The summed E-state index contributed by atoms with van der Waals surface area (Å²) in [4.78, 5) is 15.8. The van der Waals surface area contributed by atoms with E-state index >= 15 is 0 Å². The molecule has 0 spiro atoms. The third-order valence-electron chi connectivity index (χ3n) is 2.43. The van der Waals surface area contributed by atoms with Crippen molar-refractivity contribution >= 4 is 11.2 Å². The van der Waals surface area contributed by atoms with Gasteiger partial charge in [0.25, 0.3) is 0 Å². The van der Waals surface area contributed by atoms with Crippen LogP contribution in [0.15, 0.2) is 42.9 Å². The zero-order chi connectivity index (χ0) is 10.8. The fraction of sp³-hybridized carbons (Fsp3) is 0.0833. The predicted molar refractivity (Wildman–Crippen MR) is 60.9 cm³/mol. The monoisotopic (exact) mass is 210 g/mol. The van der Waals surface area contributed by atoms with Crippen molar-refractivity contribution in [2.24, 2.45) is 0 Å². The van der Waals surface area contributed by atoms with E-state index in [-0.39, 0.29) is 0 Å². The van der Waals surface area contributed by atoms with Crippen molar-refractivity contribution < 1.29 is 0 Å². The number of hydrogen-bond acceptors (Lipinski definition) is 3. The standard InChI is InChI=1S/C12H10N4/c1-2-10-12(14-5-1)16-11(15-10)8-9-3-6-13-7-4-9/h1-7H,8H2,(H,14,15,16).